The number of hydrogen-bond donors (Lipinski definition) is 2. The summed E-state index contributed by atoms with van der Waals surface area (Å²) in [6.45, 7) is 4.08. The lowest BCUT2D eigenvalue weighted by molar-refractivity contribution is 0.767. The fourth-order valence-corrected chi connectivity index (χ4v) is 2.32. The van der Waals surface area contributed by atoms with Crippen LogP contribution >= 0.6 is 35.7 Å². The maximum atomic E-state index is 4.17. The average molecular weight is 393 g/mol. The molecule has 1 aromatic rings. The summed E-state index contributed by atoms with van der Waals surface area (Å²) < 4.78 is 0. The van der Waals surface area contributed by atoms with Crippen molar-refractivity contribution in [3.63, 3.8) is 0 Å². The van der Waals surface area contributed by atoms with Gasteiger partial charge in [0.1, 0.15) is 0 Å². The molecule has 1 aromatic carbocycles. The number of guanidine groups is 1. The third-order valence-corrected chi connectivity index (χ3v) is 3.49. The van der Waals surface area contributed by atoms with E-state index < -0.39 is 0 Å². The summed E-state index contributed by atoms with van der Waals surface area (Å²) in [7, 11) is 1.81. The molecule has 0 heterocycles. The summed E-state index contributed by atoms with van der Waals surface area (Å²) in [6.07, 6.45) is 2.25. The largest absolute Gasteiger partial charge is 0.356 e. The first-order chi connectivity index (χ1) is 8.86. The SMILES string of the molecule is CCCNC(=NC)NCCCSc1ccccc1.I. The molecule has 3 nitrogen and oxygen atoms in total. The Bertz CT molecular complexity index is 344. The highest BCUT2D eigenvalue weighted by Gasteiger charge is 1.96. The normalized spacial score (nSPS) is 10.7. The molecule has 0 saturated heterocycles. The first kappa shape index (κ1) is 18.6. The maximum absolute atomic E-state index is 4.17. The van der Waals surface area contributed by atoms with Crippen LogP contribution in [0.3, 0.4) is 0 Å². The van der Waals surface area contributed by atoms with Crippen molar-refractivity contribution in [1.82, 2.24) is 10.6 Å². The summed E-state index contributed by atoms with van der Waals surface area (Å²) >= 11 is 1.90. The molecule has 19 heavy (non-hydrogen) atoms. The molecule has 0 spiro atoms. The predicted octanol–water partition coefficient (Wildman–Crippen LogP) is 3.36. The molecule has 2 N–H and O–H groups in total. The fourth-order valence-electron chi connectivity index (χ4n) is 1.45. The van der Waals surface area contributed by atoms with Crippen LogP contribution < -0.4 is 10.6 Å². The first-order valence-electron chi connectivity index (χ1n) is 6.49. The minimum absolute atomic E-state index is 0. The Hall–Kier alpha value is -0.430. The summed E-state index contributed by atoms with van der Waals surface area (Å²) in [5.41, 5.74) is 0. The van der Waals surface area contributed by atoms with Gasteiger partial charge in [0.15, 0.2) is 5.96 Å². The van der Waals surface area contributed by atoms with Crippen LogP contribution in [-0.4, -0.2) is 31.8 Å². The highest BCUT2D eigenvalue weighted by atomic mass is 127. The topological polar surface area (TPSA) is 36.4 Å². The van der Waals surface area contributed by atoms with Gasteiger partial charge in [-0.1, -0.05) is 25.1 Å². The van der Waals surface area contributed by atoms with Gasteiger partial charge < -0.3 is 10.6 Å². The summed E-state index contributed by atoms with van der Waals surface area (Å²) in [6, 6.07) is 10.5. The second kappa shape index (κ2) is 12.6. The lowest BCUT2D eigenvalue weighted by Crippen LogP contribution is -2.38. The van der Waals surface area contributed by atoms with Gasteiger partial charge in [-0.2, -0.15) is 0 Å². The number of hydrogen-bond acceptors (Lipinski definition) is 2. The quantitative estimate of drug-likeness (QED) is 0.245. The van der Waals surface area contributed by atoms with Crippen molar-refractivity contribution in [1.29, 1.82) is 0 Å². The van der Waals surface area contributed by atoms with Crippen molar-refractivity contribution in [3.8, 4) is 0 Å². The van der Waals surface area contributed by atoms with E-state index in [4.69, 9.17) is 0 Å². The number of aliphatic imine (C=N–C) groups is 1. The van der Waals surface area contributed by atoms with E-state index in [2.05, 4.69) is 52.9 Å². The Kier molecular flexibility index (Phi) is 12.3. The molecule has 0 aliphatic carbocycles. The summed E-state index contributed by atoms with van der Waals surface area (Å²) in [5.74, 6) is 2.03. The van der Waals surface area contributed by atoms with Gasteiger partial charge in [-0.15, -0.1) is 35.7 Å². The van der Waals surface area contributed by atoms with Crippen LogP contribution in [0.25, 0.3) is 0 Å². The molecule has 0 aromatic heterocycles. The van der Waals surface area contributed by atoms with Gasteiger partial charge in [0, 0.05) is 25.0 Å². The molecule has 0 aliphatic heterocycles. The minimum atomic E-state index is 0. The van der Waals surface area contributed by atoms with Crippen LogP contribution in [0, 0.1) is 0 Å². The van der Waals surface area contributed by atoms with Crippen molar-refractivity contribution >= 4 is 41.7 Å². The molecule has 0 bridgehead atoms. The van der Waals surface area contributed by atoms with E-state index in [0.29, 0.717) is 0 Å². The van der Waals surface area contributed by atoms with Gasteiger partial charge in [0.25, 0.3) is 0 Å². The Morgan fingerprint density at radius 1 is 1.16 bits per heavy atom. The number of rotatable bonds is 7. The van der Waals surface area contributed by atoms with Crippen LogP contribution in [0.5, 0.6) is 0 Å². The van der Waals surface area contributed by atoms with E-state index in [9.17, 15) is 0 Å². The van der Waals surface area contributed by atoms with Crippen LogP contribution in [0.15, 0.2) is 40.2 Å². The smallest absolute Gasteiger partial charge is 0.190 e. The van der Waals surface area contributed by atoms with Gasteiger partial charge in [-0.3, -0.25) is 4.99 Å². The summed E-state index contributed by atoms with van der Waals surface area (Å²) in [5, 5.41) is 6.58. The Morgan fingerprint density at radius 3 is 2.47 bits per heavy atom. The predicted molar refractivity (Wildman–Crippen MR) is 96.9 cm³/mol. The van der Waals surface area contributed by atoms with Crippen molar-refractivity contribution in [3.05, 3.63) is 30.3 Å². The van der Waals surface area contributed by atoms with Crippen LogP contribution in [0.4, 0.5) is 0 Å². The fraction of sp³-hybridized carbons (Fsp3) is 0.500. The van der Waals surface area contributed by atoms with Crippen molar-refractivity contribution in [2.45, 2.75) is 24.7 Å². The van der Waals surface area contributed by atoms with E-state index in [1.165, 1.54) is 4.90 Å². The van der Waals surface area contributed by atoms with Crippen molar-refractivity contribution in [2.24, 2.45) is 4.99 Å². The second-order valence-corrected chi connectivity index (χ2v) is 5.11. The monoisotopic (exact) mass is 393 g/mol. The van der Waals surface area contributed by atoms with Crippen LogP contribution in [0.1, 0.15) is 19.8 Å². The van der Waals surface area contributed by atoms with Crippen molar-refractivity contribution in [2.75, 3.05) is 25.9 Å². The number of nitrogens with zero attached hydrogens (tertiary/aromatic N) is 1. The second-order valence-electron chi connectivity index (χ2n) is 3.94. The van der Waals surface area contributed by atoms with Gasteiger partial charge in [-0.05, 0) is 30.7 Å². The molecule has 5 heteroatoms. The number of nitrogens with one attached hydrogen (secondary N) is 2. The molecule has 0 radical (unpaired) electrons. The molecule has 0 saturated carbocycles. The summed E-state index contributed by atoms with van der Waals surface area (Å²) in [4.78, 5) is 5.51. The maximum Gasteiger partial charge on any atom is 0.190 e. The number of halogens is 1. The van der Waals surface area contributed by atoms with Gasteiger partial charge >= 0.3 is 0 Å². The molecule has 0 atom stereocenters. The Labute approximate surface area is 138 Å². The van der Waals surface area contributed by atoms with Gasteiger partial charge in [0.2, 0.25) is 0 Å². The van der Waals surface area contributed by atoms with Crippen LogP contribution in [0.2, 0.25) is 0 Å². The van der Waals surface area contributed by atoms with E-state index in [0.717, 1.165) is 37.6 Å². The lowest BCUT2D eigenvalue weighted by Gasteiger charge is -2.10. The molecule has 108 valence electrons. The Balaban J connectivity index is 0.00000324. The highest BCUT2D eigenvalue weighted by Crippen LogP contribution is 2.17. The molecule has 0 unspecified atom stereocenters. The van der Waals surface area contributed by atoms with Crippen molar-refractivity contribution < 1.29 is 0 Å². The lowest BCUT2D eigenvalue weighted by atomic mass is 10.4. The third-order valence-electron chi connectivity index (χ3n) is 2.39. The highest BCUT2D eigenvalue weighted by molar-refractivity contribution is 14.0. The zero-order valence-corrected chi connectivity index (χ0v) is 14.8. The number of benzene rings is 1. The standard InChI is InChI=1S/C14H23N3S.HI/c1-3-10-16-14(15-2)17-11-7-12-18-13-8-5-4-6-9-13;/h4-6,8-9H,3,7,10-12H2,1-2H3,(H2,15,16,17);1H. The molecular formula is C14H24IN3S. The molecule has 0 amide bonds. The molecular weight excluding hydrogens is 369 g/mol. The van der Waals surface area contributed by atoms with Gasteiger partial charge in [0.05, 0.1) is 0 Å². The van der Waals surface area contributed by atoms with Gasteiger partial charge in [-0.25, -0.2) is 0 Å². The minimum Gasteiger partial charge on any atom is -0.356 e. The average Bonchev–Trinajstić information content (AvgIpc) is 2.43. The van der Waals surface area contributed by atoms with E-state index in [-0.39, 0.29) is 24.0 Å². The Morgan fingerprint density at radius 2 is 1.84 bits per heavy atom. The van der Waals surface area contributed by atoms with Crippen LogP contribution in [-0.2, 0) is 0 Å². The number of thioether (sulfide) groups is 1. The molecule has 0 aliphatic rings. The third kappa shape index (κ3) is 9.15. The zero-order chi connectivity index (χ0) is 13.1. The van der Waals surface area contributed by atoms with E-state index in [1.807, 2.05) is 18.8 Å². The van der Waals surface area contributed by atoms with E-state index >= 15 is 0 Å². The molecule has 0 fully saturated rings. The molecule has 1 rings (SSSR count). The van der Waals surface area contributed by atoms with E-state index in [1.54, 1.807) is 0 Å². The zero-order valence-electron chi connectivity index (χ0n) is 11.7. The first-order valence-corrected chi connectivity index (χ1v) is 7.47.